The number of nitrogens with one attached hydrogen (secondary N) is 1. The van der Waals surface area contributed by atoms with Crippen LogP contribution in [-0.4, -0.2) is 43.0 Å². The predicted molar refractivity (Wildman–Crippen MR) is 106 cm³/mol. The van der Waals surface area contributed by atoms with Crippen LogP contribution in [0.1, 0.15) is 46.4 Å². The Bertz CT molecular complexity index is 946. The fourth-order valence-corrected chi connectivity index (χ4v) is 3.94. The Kier molecular flexibility index (Phi) is 5.38. The summed E-state index contributed by atoms with van der Waals surface area (Å²) < 4.78 is 24.6. The molecule has 152 valence electrons. The highest BCUT2D eigenvalue weighted by Gasteiger charge is 2.31. The summed E-state index contributed by atoms with van der Waals surface area (Å²) in [5.41, 5.74) is 1.06. The van der Waals surface area contributed by atoms with Crippen LogP contribution in [0.2, 0.25) is 0 Å². The molecule has 1 atom stereocenters. The van der Waals surface area contributed by atoms with Gasteiger partial charge in [-0.3, -0.25) is 9.59 Å². The number of hydrogen-bond acceptors (Lipinski definition) is 4. The summed E-state index contributed by atoms with van der Waals surface area (Å²) in [5, 5.41) is 2.73. The number of benzene rings is 2. The van der Waals surface area contributed by atoms with Gasteiger partial charge in [0.2, 0.25) is 0 Å². The molecule has 2 aromatic rings. The van der Waals surface area contributed by atoms with E-state index < -0.39 is 11.7 Å². The number of amides is 2. The van der Waals surface area contributed by atoms with E-state index in [1.165, 1.54) is 19.2 Å². The molecule has 7 heteroatoms. The van der Waals surface area contributed by atoms with E-state index in [0.717, 1.165) is 38.3 Å². The number of halogens is 1. The van der Waals surface area contributed by atoms with Gasteiger partial charge < -0.3 is 19.7 Å². The molecule has 0 aliphatic carbocycles. The molecule has 1 unspecified atom stereocenters. The molecule has 29 heavy (non-hydrogen) atoms. The van der Waals surface area contributed by atoms with Crippen LogP contribution in [0.3, 0.4) is 0 Å². The lowest BCUT2D eigenvalue weighted by molar-refractivity contribution is 0.0548. The van der Waals surface area contributed by atoms with E-state index >= 15 is 0 Å². The lowest BCUT2D eigenvalue weighted by atomic mass is 9.97. The van der Waals surface area contributed by atoms with Gasteiger partial charge in [0.25, 0.3) is 11.8 Å². The Morgan fingerprint density at radius 1 is 1.21 bits per heavy atom. The lowest BCUT2D eigenvalue weighted by Gasteiger charge is -2.37. The Balaban J connectivity index is 1.58. The number of nitrogens with zero attached hydrogens (tertiary/aromatic N) is 1. The summed E-state index contributed by atoms with van der Waals surface area (Å²) in [6.45, 7) is 1.29. The lowest BCUT2D eigenvalue weighted by Crippen LogP contribution is -2.45. The summed E-state index contributed by atoms with van der Waals surface area (Å²) >= 11 is 0. The standard InChI is InChI=1S/C22H23FN2O4/c1-28-20-7-5-14(12-18(20)23)21(26)24-15-6-8-19-17(13-15)22(27)25-10-3-2-4-16(25)9-11-29-19/h5-8,12-13,16H,2-4,9-11H2,1H3,(H,24,26). The van der Waals surface area contributed by atoms with Crippen LogP contribution in [0.4, 0.5) is 10.1 Å². The van der Waals surface area contributed by atoms with Crippen molar-refractivity contribution in [2.75, 3.05) is 25.6 Å². The van der Waals surface area contributed by atoms with Gasteiger partial charge in [0.1, 0.15) is 5.75 Å². The van der Waals surface area contributed by atoms with E-state index in [1.807, 2.05) is 4.90 Å². The van der Waals surface area contributed by atoms with Gasteiger partial charge >= 0.3 is 0 Å². The second-order valence-corrected chi connectivity index (χ2v) is 7.30. The molecule has 4 rings (SSSR count). The second kappa shape index (κ2) is 8.11. The van der Waals surface area contributed by atoms with Gasteiger partial charge in [-0.2, -0.15) is 0 Å². The van der Waals surface area contributed by atoms with Crippen LogP contribution in [0, 0.1) is 5.82 Å². The maximum atomic E-state index is 13.9. The molecule has 0 spiro atoms. The number of carbonyl (C=O) groups excluding carboxylic acids is 2. The fraction of sp³-hybridized carbons (Fsp3) is 0.364. The van der Waals surface area contributed by atoms with Gasteiger partial charge in [0.15, 0.2) is 11.6 Å². The summed E-state index contributed by atoms with van der Waals surface area (Å²) in [5.74, 6) is -0.565. The summed E-state index contributed by atoms with van der Waals surface area (Å²) in [4.78, 5) is 27.6. The van der Waals surface area contributed by atoms with Crippen LogP contribution in [0.25, 0.3) is 0 Å². The smallest absolute Gasteiger partial charge is 0.257 e. The van der Waals surface area contributed by atoms with Crippen molar-refractivity contribution < 1.29 is 23.5 Å². The molecule has 2 heterocycles. The first kappa shape index (κ1) is 19.2. The highest BCUT2D eigenvalue weighted by Crippen LogP contribution is 2.31. The number of hydrogen-bond donors (Lipinski definition) is 1. The average molecular weight is 398 g/mol. The highest BCUT2D eigenvalue weighted by atomic mass is 19.1. The molecule has 0 radical (unpaired) electrons. The summed E-state index contributed by atoms with van der Waals surface area (Å²) in [6, 6.07) is 9.21. The molecule has 0 saturated carbocycles. The monoisotopic (exact) mass is 398 g/mol. The number of ether oxygens (including phenoxy) is 2. The van der Waals surface area contributed by atoms with Gasteiger partial charge in [-0.05, 0) is 55.7 Å². The Hall–Kier alpha value is -3.09. The SMILES string of the molecule is COc1ccc(C(=O)Nc2ccc3c(c2)C(=O)N2CCCCC2CCO3)cc1F. The minimum Gasteiger partial charge on any atom is -0.494 e. The minimum absolute atomic E-state index is 0.0708. The van der Waals surface area contributed by atoms with Crippen LogP contribution in [0.5, 0.6) is 11.5 Å². The average Bonchev–Trinajstić information content (AvgIpc) is 2.73. The predicted octanol–water partition coefficient (Wildman–Crippen LogP) is 3.86. The number of methoxy groups -OCH3 is 1. The maximum Gasteiger partial charge on any atom is 0.257 e. The first-order valence-corrected chi connectivity index (χ1v) is 9.79. The van der Waals surface area contributed by atoms with E-state index in [4.69, 9.17) is 9.47 Å². The maximum absolute atomic E-state index is 13.9. The van der Waals surface area contributed by atoms with Crippen LogP contribution in [-0.2, 0) is 0 Å². The van der Waals surface area contributed by atoms with E-state index in [9.17, 15) is 14.0 Å². The second-order valence-electron chi connectivity index (χ2n) is 7.30. The van der Waals surface area contributed by atoms with Crippen molar-refractivity contribution in [2.45, 2.75) is 31.7 Å². The quantitative estimate of drug-likeness (QED) is 0.853. The largest absolute Gasteiger partial charge is 0.494 e. The van der Waals surface area contributed by atoms with Gasteiger partial charge in [-0.25, -0.2) is 4.39 Å². The third kappa shape index (κ3) is 3.90. The third-order valence-corrected chi connectivity index (χ3v) is 5.48. The van der Waals surface area contributed by atoms with Crippen molar-refractivity contribution in [3.05, 3.63) is 53.3 Å². The van der Waals surface area contributed by atoms with Gasteiger partial charge in [-0.1, -0.05) is 0 Å². The van der Waals surface area contributed by atoms with Crippen molar-refractivity contribution in [3.63, 3.8) is 0 Å². The summed E-state index contributed by atoms with van der Waals surface area (Å²) in [7, 11) is 1.36. The molecule has 1 fully saturated rings. The molecule has 1 saturated heterocycles. The third-order valence-electron chi connectivity index (χ3n) is 5.48. The van der Waals surface area contributed by atoms with Gasteiger partial charge in [0, 0.05) is 30.3 Å². The van der Waals surface area contributed by atoms with E-state index in [-0.39, 0.29) is 23.3 Å². The van der Waals surface area contributed by atoms with Gasteiger partial charge in [0.05, 0.1) is 19.3 Å². The van der Waals surface area contributed by atoms with E-state index in [1.54, 1.807) is 18.2 Å². The number of piperidine rings is 1. The van der Waals surface area contributed by atoms with Crippen molar-refractivity contribution in [2.24, 2.45) is 0 Å². The molecule has 0 aromatic heterocycles. The molecule has 2 aliphatic heterocycles. The first-order chi connectivity index (χ1) is 14.1. The number of carbonyl (C=O) groups is 2. The number of anilines is 1. The molecular formula is C22H23FN2O4. The van der Waals surface area contributed by atoms with Crippen LogP contribution in [0.15, 0.2) is 36.4 Å². The molecule has 2 amide bonds. The molecule has 1 N–H and O–H groups in total. The van der Waals surface area contributed by atoms with Gasteiger partial charge in [-0.15, -0.1) is 0 Å². The van der Waals surface area contributed by atoms with Crippen molar-refractivity contribution in [3.8, 4) is 11.5 Å². The zero-order valence-corrected chi connectivity index (χ0v) is 16.2. The van der Waals surface area contributed by atoms with Crippen LogP contribution >= 0.6 is 0 Å². The summed E-state index contributed by atoms with van der Waals surface area (Å²) in [6.07, 6.45) is 3.93. The molecule has 0 bridgehead atoms. The molecular weight excluding hydrogens is 375 g/mol. The topological polar surface area (TPSA) is 67.9 Å². The molecule has 6 nitrogen and oxygen atoms in total. The normalized spacial score (nSPS) is 18.6. The van der Waals surface area contributed by atoms with Crippen LogP contribution < -0.4 is 14.8 Å². The Morgan fingerprint density at radius 3 is 2.86 bits per heavy atom. The van der Waals surface area contributed by atoms with E-state index in [2.05, 4.69) is 5.32 Å². The zero-order chi connectivity index (χ0) is 20.4. The molecule has 2 aliphatic rings. The van der Waals surface area contributed by atoms with E-state index in [0.29, 0.717) is 23.6 Å². The Labute approximate surface area is 168 Å². The van der Waals surface area contributed by atoms with Crippen molar-refractivity contribution in [1.29, 1.82) is 0 Å². The fourth-order valence-electron chi connectivity index (χ4n) is 3.94. The molecule has 2 aromatic carbocycles. The zero-order valence-electron chi connectivity index (χ0n) is 16.2. The number of fused-ring (bicyclic) bond motifs is 2. The minimum atomic E-state index is -0.613. The Morgan fingerprint density at radius 2 is 2.07 bits per heavy atom. The highest BCUT2D eigenvalue weighted by molar-refractivity contribution is 6.05. The number of rotatable bonds is 3. The first-order valence-electron chi connectivity index (χ1n) is 9.79. The van der Waals surface area contributed by atoms with Crippen molar-refractivity contribution in [1.82, 2.24) is 4.90 Å². The van der Waals surface area contributed by atoms with Crippen molar-refractivity contribution >= 4 is 17.5 Å².